The van der Waals surface area contributed by atoms with Crippen LogP contribution in [0.25, 0.3) is 0 Å². The van der Waals surface area contributed by atoms with Crippen molar-refractivity contribution < 1.29 is 43.0 Å². The molecule has 272 valence electrons. The number of nitrogens with one attached hydrogen (secondary N) is 2. The molecule has 3 aliphatic heterocycles. The number of rotatable bonds is 14. The Hall–Kier alpha value is -5.60. The van der Waals surface area contributed by atoms with Crippen LogP contribution in [-0.2, 0) is 23.9 Å². The maximum atomic E-state index is 13.5. The topological polar surface area (TPSA) is 164 Å². The molecule has 1 unspecified atom stereocenters. The summed E-state index contributed by atoms with van der Waals surface area (Å²) in [5, 5.41) is 5.32. The lowest BCUT2D eigenvalue weighted by molar-refractivity contribution is -0.136. The summed E-state index contributed by atoms with van der Waals surface area (Å²) in [7, 11) is 0. The quantitative estimate of drug-likeness (QED) is 0.142. The second kappa shape index (κ2) is 14.9. The van der Waals surface area contributed by atoms with Gasteiger partial charge in [0.15, 0.2) is 0 Å². The van der Waals surface area contributed by atoms with E-state index < -0.39 is 41.2 Å². The van der Waals surface area contributed by atoms with E-state index in [9.17, 15) is 28.8 Å². The number of benzene rings is 3. The van der Waals surface area contributed by atoms with Gasteiger partial charge in [-0.15, -0.1) is 0 Å². The van der Waals surface area contributed by atoms with E-state index in [4.69, 9.17) is 14.2 Å². The van der Waals surface area contributed by atoms with E-state index >= 15 is 0 Å². The van der Waals surface area contributed by atoms with Gasteiger partial charge in [0.25, 0.3) is 17.7 Å². The van der Waals surface area contributed by atoms with Crippen molar-refractivity contribution in [1.82, 2.24) is 10.2 Å². The van der Waals surface area contributed by atoms with Crippen molar-refractivity contribution in [2.75, 3.05) is 54.7 Å². The van der Waals surface area contributed by atoms with Crippen molar-refractivity contribution in [3.05, 3.63) is 82.9 Å². The number of nitrogens with zero attached hydrogens (tertiary/aromatic N) is 3. The second-order valence-corrected chi connectivity index (χ2v) is 13.3. The predicted molar refractivity (Wildman–Crippen MR) is 191 cm³/mol. The first kappa shape index (κ1) is 36.2. The molecule has 2 fully saturated rings. The van der Waals surface area contributed by atoms with Crippen LogP contribution in [-0.4, -0.2) is 91.6 Å². The lowest BCUT2D eigenvalue weighted by atomic mass is 10.0. The normalized spacial score (nSPS) is 18.3. The molecule has 3 aromatic rings. The molecule has 0 spiro atoms. The molecule has 2 saturated heterocycles. The summed E-state index contributed by atoms with van der Waals surface area (Å²) >= 11 is 0. The van der Waals surface area contributed by atoms with Gasteiger partial charge in [-0.3, -0.25) is 39.1 Å². The fourth-order valence-electron chi connectivity index (χ4n) is 6.47. The first-order valence-electron chi connectivity index (χ1n) is 17.1. The van der Waals surface area contributed by atoms with E-state index in [-0.39, 0.29) is 36.5 Å². The summed E-state index contributed by atoms with van der Waals surface area (Å²) in [6.07, 6.45) is 0.145. The lowest BCUT2D eigenvalue weighted by Gasteiger charge is -2.27. The van der Waals surface area contributed by atoms with Crippen LogP contribution in [0.4, 0.5) is 21.9 Å². The number of anilines is 3. The third kappa shape index (κ3) is 6.99. The molecular formula is C38H41N5O9. The second-order valence-electron chi connectivity index (χ2n) is 13.3. The monoisotopic (exact) mass is 711 g/mol. The Kier molecular flexibility index (Phi) is 10.4. The molecule has 1 atom stereocenters. The maximum Gasteiger partial charge on any atom is 0.336 e. The third-order valence-electron chi connectivity index (χ3n) is 9.41. The van der Waals surface area contributed by atoms with Crippen molar-refractivity contribution in [1.29, 1.82) is 0 Å². The molecule has 6 rings (SSSR count). The van der Waals surface area contributed by atoms with Gasteiger partial charge in [-0.1, -0.05) is 12.1 Å². The van der Waals surface area contributed by atoms with Gasteiger partial charge in [0, 0.05) is 24.3 Å². The van der Waals surface area contributed by atoms with E-state index in [0.717, 1.165) is 16.0 Å². The van der Waals surface area contributed by atoms with Crippen LogP contribution in [0.3, 0.4) is 0 Å². The van der Waals surface area contributed by atoms with Crippen LogP contribution in [0.1, 0.15) is 58.5 Å². The number of hydrogen-bond donors (Lipinski definition) is 2. The molecule has 3 aliphatic rings. The minimum atomic E-state index is -1.08. The van der Waals surface area contributed by atoms with Gasteiger partial charge in [0.2, 0.25) is 11.8 Å². The summed E-state index contributed by atoms with van der Waals surface area (Å²) in [6, 6.07) is 16.0. The van der Waals surface area contributed by atoms with Crippen molar-refractivity contribution in [2.24, 2.45) is 0 Å². The van der Waals surface area contributed by atoms with Crippen molar-refractivity contribution in [3.8, 4) is 5.75 Å². The van der Waals surface area contributed by atoms with E-state index in [1.54, 1.807) is 62.4 Å². The van der Waals surface area contributed by atoms with Gasteiger partial charge in [0.05, 0.1) is 43.2 Å². The maximum absolute atomic E-state index is 13.5. The first-order valence-corrected chi connectivity index (χ1v) is 17.1. The van der Waals surface area contributed by atoms with Crippen LogP contribution in [0.5, 0.6) is 5.75 Å². The minimum Gasteiger partial charge on any atom is -0.491 e. The van der Waals surface area contributed by atoms with Crippen LogP contribution in [0, 0.1) is 13.8 Å². The number of amides is 7. The molecule has 2 N–H and O–H groups in total. The molecule has 3 aromatic carbocycles. The van der Waals surface area contributed by atoms with Crippen molar-refractivity contribution in [2.45, 2.75) is 52.1 Å². The molecule has 0 radical (unpaired) electrons. The average Bonchev–Trinajstić information content (AvgIpc) is 3.47. The molecule has 0 saturated carbocycles. The number of fused-ring (bicyclic) bond motifs is 1. The number of ether oxygens (including phenoxy) is 3. The lowest BCUT2D eigenvalue weighted by Crippen LogP contribution is -2.54. The minimum absolute atomic E-state index is 0.0539. The fraction of sp³-hybridized carbons (Fsp3) is 0.368. The van der Waals surface area contributed by atoms with Gasteiger partial charge in [-0.25, -0.2) is 9.69 Å². The largest absolute Gasteiger partial charge is 0.491 e. The van der Waals surface area contributed by atoms with Gasteiger partial charge in [-0.2, -0.15) is 0 Å². The Morgan fingerprint density at radius 3 is 2.21 bits per heavy atom. The van der Waals surface area contributed by atoms with Crippen LogP contribution in [0.2, 0.25) is 0 Å². The molecule has 0 aromatic heterocycles. The summed E-state index contributed by atoms with van der Waals surface area (Å²) in [6.45, 7) is 9.30. The van der Waals surface area contributed by atoms with E-state index in [1.807, 2.05) is 26.0 Å². The number of imide groups is 3. The van der Waals surface area contributed by atoms with E-state index in [0.29, 0.717) is 55.8 Å². The molecule has 14 nitrogen and oxygen atoms in total. The molecule has 14 heteroatoms. The highest BCUT2D eigenvalue weighted by molar-refractivity contribution is 6.30. The molecule has 3 heterocycles. The highest BCUT2D eigenvalue weighted by Gasteiger charge is 2.52. The van der Waals surface area contributed by atoms with Gasteiger partial charge < -0.3 is 19.5 Å². The van der Waals surface area contributed by atoms with Crippen LogP contribution in [0.15, 0.2) is 60.7 Å². The Bertz CT molecular complexity index is 1930. The Morgan fingerprint density at radius 2 is 1.50 bits per heavy atom. The molecule has 52 heavy (non-hydrogen) atoms. The average molecular weight is 712 g/mol. The number of aryl methyl sites for hydroxylation is 2. The molecule has 0 bridgehead atoms. The number of piperidine rings is 1. The fourth-order valence-corrected chi connectivity index (χ4v) is 6.47. The van der Waals surface area contributed by atoms with Crippen molar-refractivity contribution >= 4 is 52.6 Å². The van der Waals surface area contributed by atoms with Crippen LogP contribution >= 0.6 is 0 Å². The zero-order valence-electron chi connectivity index (χ0n) is 29.5. The number of hydrogen-bond acceptors (Lipinski definition) is 10. The van der Waals surface area contributed by atoms with Gasteiger partial charge in [-0.05, 0) is 93.8 Å². The number of carbonyl (C=O) groups is 6. The van der Waals surface area contributed by atoms with E-state index in [2.05, 4.69) is 10.6 Å². The first-order chi connectivity index (χ1) is 24.9. The highest BCUT2D eigenvalue weighted by Crippen LogP contribution is 2.37. The molecular weight excluding hydrogens is 670 g/mol. The smallest absolute Gasteiger partial charge is 0.336 e. The summed E-state index contributed by atoms with van der Waals surface area (Å²) in [5.74, 6) is -1.93. The van der Waals surface area contributed by atoms with Crippen LogP contribution < -0.4 is 25.2 Å². The summed E-state index contributed by atoms with van der Waals surface area (Å²) in [4.78, 5) is 80.6. The SMILES string of the molecule is Cc1ccc(N2C(=O)N(c3ccc(OCCOCCOCCNc4cccc5c4C(=O)N(C4CCC(=O)NC4=O)C5=O)cc3)C(C)(C)C2=O)cc1C. The Morgan fingerprint density at radius 1 is 0.808 bits per heavy atom. The Labute approximate surface area is 301 Å². The summed E-state index contributed by atoms with van der Waals surface area (Å²) in [5.41, 5.74) is 2.98. The van der Waals surface area contributed by atoms with Crippen molar-refractivity contribution in [3.63, 3.8) is 0 Å². The zero-order valence-corrected chi connectivity index (χ0v) is 29.5. The predicted octanol–water partition coefficient (Wildman–Crippen LogP) is 3.98. The molecule has 7 amide bonds. The number of carbonyl (C=O) groups excluding carboxylic acids is 6. The van der Waals surface area contributed by atoms with Gasteiger partial charge in [0.1, 0.15) is 23.9 Å². The van der Waals surface area contributed by atoms with Gasteiger partial charge >= 0.3 is 6.03 Å². The summed E-state index contributed by atoms with van der Waals surface area (Å²) < 4.78 is 17.0. The standard InChI is InChI=1S/C38H41N5O9/c1-23-8-9-26(22-24(23)2)41-36(48)38(3,4)43(37(41)49)25-10-12-27(13-11-25)52-21-20-51-19-18-50-17-16-39-29-7-5-6-28-32(29)35(47)42(34(28)46)30-14-15-31(44)40-33(30)45/h5-13,22,30,39H,14-21H2,1-4H3,(H,40,44,45). The highest BCUT2D eigenvalue weighted by atomic mass is 16.5. The molecule has 0 aliphatic carbocycles. The Balaban J connectivity index is 0.899. The number of urea groups is 1. The third-order valence-corrected chi connectivity index (χ3v) is 9.41. The van der Waals surface area contributed by atoms with E-state index in [1.165, 1.54) is 9.80 Å². The zero-order chi connectivity index (χ0) is 37.2.